The van der Waals surface area contributed by atoms with Crippen molar-refractivity contribution in [3.63, 3.8) is 0 Å². The van der Waals surface area contributed by atoms with Crippen LogP contribution in [0.1, 0.15) is 67.3 Å². The van der Waals surface area contributed by atoms with E-state index in [4.69, 9.17) is 9.84 Å². The summed E-state index contributed by atoms with van der Waals surface area (Å²) < 4.78 is 62.2. The van der Waals surface area contributed by atoms with Crippen LogP contribution < -0.4 is 9.46 Å². The average molecular weight is 551 g/mol. The van der Waals surface area contributed by atoms with Crippen molar-refractivity contribution in [2.45, 2.75) is 56.4 Å². The quantitative estimate of drug-likeness (QED) is 0.308. The number of carboxylic acids is 1. The predicted octanol–water partition coefficient (Wildman–Crippen LogP) is 6.67. The first kappa shape index (κ1) is 27.0. The highest BCUT2D eigenvalue weighted by Gasteiger charge is 2.25. The summed E-state index contributed by atoms with van der Waals surface area (Å²) in [5, 5.41) is 10.1. The van der Waals surface area contributed by atoms with E-state index in [1.54, 1.807) is 6.07 Å². The summed E-state index contributed by atoms with van der Waals surface area (Å²) in [5.41, 5.74) is 0.193. The maximum atomic E-state index is 15.1. The molecule has 0 saturated heterocycles. The molecule has 2 aromatic carbocycles. The molecular weight excluding hydrogens is 522 g/mol. The maximum Gasteiger partial charge on any atom is 0.338 e. The van der Waals surface area contributed by atoms with Crippen LogP contribution in [0.15, 0.2) is 40.7 Å². The lowest BCUT2D eigenvalue weighted by atomic mass is 9.77. The number of carbonyl (C=O) groups is 1. The second kappa shape index (κ2) is 11.1. The fourth-order valence-electron chi connectivity index (χ4n) is 4.82. The Labute approximate surface area is 218 Å². The van der Waals surface area contributed by atoms with E-state index < -0.39 is 33.2 Å². The van der Waals surface area contributed by atoms with Crippen LogP contribution in [0.3, 0.4) is 0 Å². The molecule has 1 heterocycles. The third kappa shape index (κ3) is 5.93. The van der Waals surface area contributed by atoms with Gasteiger partial charge in [0.2, 0.25) is 0 Å². The molecule has 1 aromatic heterocycles. The van der Waals surface area contributed by atoms with Crippen LogP contribution in [0.5, 0.6) is 5.75 Å². The lowest BCUT2D eigenvalue weighted by Gasteiger charge is -2.28. The Balaban J connectivity index is 1.53. The van der Waals surface area contributed by atoms with Crippen LogP contribution >= 0.6 is 11.3 Å². The molecule has 0 bridgehead atoms. The molecule has 3 aromatic rings. The average Bonchev–Trinajstić information content (AvgIpc) is 3.35. The smallest absolute Gasteiger partial charge is 0.338 e. The van der Waals surface area contributed by atoms with E-state index in [0.29, 0.717) is 5.92 Å². The lowest BCUT2D eigenvalue weighted by Crippen LogP contribution is -2.15. The number of anilines is 1. The molecule has 0 radical (unpaired) electrons. The molecule has 1 fully saturated rings. The largest absolute Gasteiger partial charge is 0.495 e. The molecule has 11 heteroatoms. The summed E-state index contributed by atoms with van der Waals surface area (Å²) in [5.74, 6) is -2.23. The molecule has 2 N–H and O–H groups in total. The van der Waals surface area contributed by atoms with Crippen molar-refractivity contribution in [1.82, 2.24) is 4.98 Å². The Hall–Kier alpha value is -3.05. The Bertz CT molecular complexity index is 1400. The van der Waals surface area contributed by atoms with E-state index in [-0.39, 0.29) is 27.0 Å². The van der Waals surface area contributed by atoms with Crippen molar-refractivity contribution >= 4 is 33.0 Å². The Morgan fingerprint density at radius 3 is 2.51 bits per heavy atom. The topological polar surface area (TPSA) is 106 Å². The third-order valence-corrected chi connectivity index (χ3v) is 9.03. The van der Waals surface area contributed by atoms with E-state index >= 15 is 4.39 Å². The zero-order valence-electron chi connectivity index (χ0n) is 20.5. The van der Waals surface area contributed by atoms with Gasteiger partial charge in [0.1, 0.15) is 22.4 Å². The number of methoxy groups -OCH3 is 1. The molecule has 4 rings (SSSR count). The second-order valence-corrected chi connectivity index (χ2v) is 11.7. The predicted molar refractivity (Wildman–Crippen MR) is 138 cm³/mol. The number of sulfonamides is 1. The van der Waals surface area contributed by atoms with Crippen LogP contribution in [-0.4, -0.2) is 31.6 Å². The number of aromatic nitrogens is 1. The monoisotopic (exact) mass is 550 g/mol. The number of thiazole rings is 1. The van der Waals surface area contributed by atoms with Gasteiger partial charge in [-0.2, -0.15) is 8.42 Å². The minimum atomic E-state index is -4.30. The van der Waals surface area contributed by atoms with Gasteiger partial charge in [0.15, 0.2) is 5.03 Å². The minimum absolute atomic E-state index is 0.178. The third-order valence-electron chi connectivity index (χ3n) is 6.76. The van der Waals surface area contributed by atoms with Gasteiger partial charge >= 0.3 is 5.97 Å². The molecule has 1 saturated carbocycles. The van der Waals surface area contributed by atoms with Crippen LogP contribution in [-0.2, 0) is 10.0 Å². The Morgan fingerprint density at radius 1 is 1.16 bits per heavy atom. The van der Waals surface area contributed by atoms with Crippen molar-refractivity contribution in [2.75, 3.05) is 11.8 Å². The SMILES string of the molecule is CCCC1CCC(c2ccc(-c3nc(S(=O)(=O)Nc4cc(F)c(C(=O)O)cc4OC)cs3)c(F)c2)CC1. The number of nitrogens with zero attached hydrogens (tertiary/aromatic N) is 1. The first-order valence-electron chi connectivity index (χ1n) is 12.0. The first-order chi connectivity index (χ1) is 17.6. The summed E-state index contributed by atoms with van der Waals surface area (Å²) in [6, 6.07) is 6.64. The van der Waals surface area contributed by atoms with Gasteiger partial charge in [-0.05, 0) is 61.3 Å². The lowest BCUT2D eigenvalue weighted by molar-refractivity contribution is 0.0691. The highest BCUT2D eigenvalue weighted by molar-refractivity contribution is 7.92. The minimum Gasteiger partial charge on any atom is -0.495 e. The number of carboxylic acid groups (broad SMARTS) is 1. The zero-order valence-corrected chi connectivity index (χ0v) is 22.1. The summed E-state index contributed by atoms with van der Waals surface area (Å²) >= 11 is 0.968. The molecule has 7 nitrogen and oxygen atoms in total. The molecule has 0 aliphatic heterocycles. The van der Waals surface area contributed by atoms with Gasteiger partial charge in [0.25, 0.3) is 10.0 Å². The van der Waals surface area contributed by atoms with Gasteiger partial charge in [-0.1, -0.05) is 25.8 Å². The molecule has 0 unspecified atom stereocenters. The van der Waals surface area contributed by atoms with Gasteiger partial charge in [0.05, 0.1) is 18.4 Å². The fraction of sp³-hybridized carbons (Fsp3) is 0.385. The van der Waals surface area contributed by atoms with Gasteiger partial charge < -0.3 is 9.84 Å². The normalized spacial score (nSPS) is 17.9. The van der Waals surface area contributed by atoms with Crippen molar-refractivity contribution in [3.8, 4) is 16.3 Å². The number of rotatable bonds is 9. The van der Waals surface area contributed by atoms with E-state index in [0.717, 1.165) is 60.6 Å². The van der Waals surface area contributed by atoms with E-state index in [2.05, 4.69) is 16.6 Å². The highest BCUT2D eigenvalue weighted by atomic mass is 32.2. The zero-order chi connectivity index (χ0) is 26.7. The van der Waals surface area contributed by atoms with Crippen molar-refractivity contribution in [2.24, 2.45) is 5.92 Å². The first-order valence-corrected chi connectivity index (χ1v) is 14.4. The highest BCUT2D eigenvalue weighted by Crippen LogP contribution is 2.39. The van der Waals surface area contributed by atoms with E-state index in [1.165, 1.54) is 31.4 Å². The van der Waals surface area contributed by atoms with Crippen LogP contribution in [0, 0.1) is 17.6 Å². The summed E-state index contributed by atoms with van der Waals surface area (Å²) in [4.78, 5) is 15.3. The van der Waals surface area contributed by atoms with E-state index in [9.17, 15) is 17.6 Å². The molecule has 1 aliphatic rings. The summed E-state index contributed by atoms with van der Waals surface area (Å²) in [6.45, 7) is 2.20. The van der Waals surface area contributed by atoms with Crippen LogP contribution in [0.4, 0.5) is 14.5 Å². The van der Waals surface area contributed by atoms with Crippen molar-refractivity contribution in [3.05, 3.63) is 58.5 Å². The molecular formula is C26H28F2N2O5S2. The number of hydrogen-bond donors (Lipinski definition) is 2. The molecule has 0 amide bonds. The molecule has 1 aliphatic carbocycles. The number of ether oxygens (including phenoxy) is 1. The van der Waals surface area contributed by atoms with Crippen LogP contribution in [0.25, 0.3) is 10.6 Å². The Kier molecular flexibility index (Phi) is 8.13. The number of nitrogens with one attached hydrogen (secondary N) is 1. The van der Waals surface area contributed by atoms with Gasteiger partial charge in [0, 0.05) is 17.0 Å². The standard InChI is InChI=1S/C26H28F2N2O5S2/c1-3-4-15-5-7-16(8-6-15)17-9-10-18(20(27)11-17)25-29-24(14-36-25)37(33,34)30-22-13-21(28)19(26(31)32)12-23(22)35-2/h9-16,30H,3-8H2,1-2H3,(H,31,32). The number of aromatic carboxylic acids is 1. The molecule has 37 heavy (non-hydrogen) atoms. The fourth-order valence-corrected chi connectivity index (χ4v) is 7.00. The molecule has 198 valence electrons. The number of hydrogen-bond acceptors (Lipinski definition) is 6. The summed E-state index contributed by atoms with van der Waals surface area (Å²) in [7, 11) is -3.10. The van der Waals surface area contributed by atoms with Gasteiger partial charge in [-0.3, -0.25) is 4.72 Å². The van der Waals surface area contributed by atoms with Gasteiger partial charge in [-0.25, -0.2) is 18.6 Å². The Morgan fingerprint density at radius 2 is 1.89 bits per heavy atom. The number of halogens is 2. The summed E-state index contributed by atoms with van der Waals surface area (Å²) in [6.07, 6.45) is 6.78. The van der Waals surface area contributed by atoms with Crippen molar-refractivity contribution in [1.29, 1.82) is 0 Å². The maximum absolute atomic E-state index is 15.1. The van der Waals surface area contributed by atoms with Gasteiger partial charge in [-0.15, -0.1) is 11.3 Å². The van der Waals surface area contributed by atoms with E-state index in [1.807, 2.05) is 6.07 Å². The molecule has 0 spiro atoms. The van der Waals surface area contributed by atoms with Crippen molar-refractivity contribution < 1.29 is 31.8 Å². The molecule has 0 atom stereocenters. The second-order valence-electron chi connectivity index (χ2n) is 9.18. The van der Waals surface area contributed by atoms with Crippen LogP contribution in [0.2, 0.25) is 0 Å². The number of benzene rings is 2.